The molecule has 0 aliphatic heterocycles. The predicted octanol–water partition coefficient (Wildman–Crippen LogP) is -5.79. The summed E-state index contributed by atoms with van der Waals surface area (Å²) in [6.45, 7) is -0.955. The van der Waals surface area contributed by atoms with Gasteiger partial charge in [-0.05, 0) is 0 Å². The van der Waals surface area contributed by atoms with Gasteiger partial charge < -0.3 is 49.5 Å². The van der Waals surface area contributed by atoms with E-state index in [1.165, 1.54) is 0 Å². The number of hydrogen-bond donors (Lipinski definition) is 6. The van der Waals surface area contributed by atoms with Gasteiger partial charge in [-0.2, -0.15) is 0 Å². The van der Waals surface area contributed by atoms with Gasteiger partial charge in [-0.15, -0.1) is 0 Å². The predicted molar refractivity (Wildman–Crippen MR) is 51.6 cm³/mol. The molecule has 10 nitrogen and oxygen atoms in total. The quantitative estimate of drug-likeness (QED) is 0.150. The van der Waals surface area contributed by atoms with Gasteiger partial charge in [0.05, 0.1) is 14.4 Å². The Morgan fingerprint density at radius 3 is 1.78 bits per heavy atom. The first kappa shape index (κ1) is 21.4. The number of hydrogen-bond acceptors (Lipinski definition) is 10. The van der Waals surface area contributed by atoms with E-state index in [2.05, 4.69) is 4.52 Å². The third-order valence-corrected chi connectivity index (χ3v) is 2.28. The van der Waals surface area contributed by atoms with Crippen LogP contribution in [0, 0.1) is 0 Å². The van der Waals surface area contributed by atoms with Gasteiger partial charge in [0, 0.05) is 0 Å². The number of phosphoric acid groups is 1. The van der Waals surface area contributed by atoms with Crippen molar-refractivity contribution in [3.8, 4) is 0 Å². The van der Waals surface area contributed by atoms with E-state index in [1.807, 2.05) is 0 Å². The summed E-state index contributed by atoms with van der Waals surface area (Å²) in [6.07, 6.45) is -11.1. The first-order chi connectivity index (χ1) is 7.60. The van der Waals surface area contributed by atoms with Crippen molar-refractivity contribution in [3.63, 3.8) is 0 Å². The van der Waals surface area contributed by atoms with Gasteiger partial charge in [-0.3, -0.25) is 0 Å². The maximum atomic E-state index is 10.1. The molecular weight excluding hydrogens is 303 g/mol. The molecule has 0 amide bonds. The molecule has 0 aromatic rings. The van der Waals surface area contributed by atoms with Crippen LogP contribution < -0.4 is 9.79 Å². The Hall–Kier alpha value is 1.13. The molecular formula is C6H13CaO10P. The molecule has 0 aromatic carbocycles. The van der Waals surface area contributed by atoms with Crippen LogP contribution in [0.4, 0.5) is 0 Å². The Bertz CT molecular complexity index is 271. The molecule has 12 heteroatoms. The van der Waals surface area contributed by atoms with Crippen LogP contribution in [0.2, 0.25) is 0 Å². The van der Waals surface area contributed by atoms with E-state index in [-0.39, 0.29) is 37.7 Å². The second-order valence-corrected chi connectivity index (χ2v) is 4.27. The number of aliphatic hydroxyl groups is 6. The van der Waals surface area contributed by atoms with Crippen LogP contribution in [0.15, 0.2) is 0 Å². The molecule has 18 heavy (non-hydrogen) atoms. The molecule has 0 saturated carbocycles. The van der Waals surface area contributed by atoms with Gasteiger partial charge in [-0.25, -0.2) is 0 Å². The molecule has 0 aliphatic rings. The van der Waals surface area contributed by atoms with Crippen LogP contribution in [0.1, 0.15) is 0 Å². The third-order valence-electron chi connectivity index (χ3n) is 1.81. The fraction of sp³-hybridized carbons (Fsp3) is 1.00. The average molecular weight is 316 g/mol. The minimum Gasteiger partial charge on any atom is -0.790 e. The van der Waals surface area contributed by atoms with Crippen molar-refractivity contribution >= 4 is 45.6 Å². The number of rotatable bonds is 7. The minimum absolute atomic E-state index is 0. The topological polar surface area (TPSA) is 194 Å². The zero-order valence-corrected chi connectivity index (χ0v) is 12.2. The summed E-state index contributed by atoms with van der Waals surface area (Å²) in [5.41, 5.74) is 0. The monoisotopic (exact) mass is 316 g/mol. The average Bonchev–Trinajstić information content (AvgIpc) is 2.22. The van der Waals surface area contributed by atoms with Crippen molar-refractivity contribution in [2.24, 2.45) is 0 Å². The smallest absolute Gasteiger partial charge is 0.790 e. The van der Waals surface area contributed by atoms with Gasteiger partial charge in [0.1, 0.15) is 24.4 Å². The molecule has 0 radical (unpaired) electrons. The van der Waals surface area contributed by atoms with E-state index >= 15 is 0 Å². The van der Waals surface area contributed by atoms with Crippen LogP contribution in [0.25, 0.3) is 0 Å². The largest absolute Gasteiger partial charge is 2.00 e. The summed E-state index contributed by atoms with van der Waals surface area (Å²) in [5, 5.41) is 53.5. The van der Waals surface area contributed by atoms with Crippen molar-refractivity contribution in [2.45, 2.75) is 30.7 Å². The van der Waals surface area contributed by atoms with E-state index in [4.69, 9.17) is 30.6 Å². The molecule has 0 heterocycles. The second kappa shape index (κ2) is 9.14. The standard InChI is InChI=1S/C6H15O10P.Ca/c7-1-2(8)3(9)4(10)5(11)6(12)16-17(13,14)15;/h2-12H,1H2,(H2,13,14,15);/q;+2/p-2/t2-,3-,4+,5-,6?;/m1./s1. The van der Waals surface area contributed by atoms with Crippen molar-refractivity contribution < 1.29 is 49.5 Å². The first-order valence-corrected chi connectivity index (χ1v) is 5.78. The van der Waals surface area contributed by atoms with Crippen molar-refractivity contribution in [1.82, 2.24) is 0 Å². The molecule has 0 aromatic heterocycles. The van der Waals surface area contributed by atoms with Gasteiger partial charge >= 0.3 is 37.7 Å². The first-order valence-electron chi connectivity index (χ1n) is 4.31. The van der Waals surface area contributed by atoms with Gasteiger partial charge in [0.15, 0.2) is 6.29 Å². The summed E-state index contributed by atoms with van der Waals surface area (Å²) >= 11 is 0. The van der Waals surface area contributed by atoms with Crippen molar-refractivity contribution in [1.29, 1.82) is 0 Å². The Kier molecular flexibility index (Phi) is 10.9. The van der Waals surface area contributed by atoms with E-state index in [1.54, 1.807) is 0 Å². The Labute approximate surface area is 132 Å². The third kappa shape index (κ3) is 7.65. The number of aliphatic hydroxyl groups excluding tert-OH is 6. The maximum absolute atomic E-state index is 10.1. The molecule has 0 bridgehead atoms. The molecule has 6 N–H and O–H groups in total. The minimum atomic E-state index is -5.59. The van der Waals surface area contributed by atoms with Crippen LogP contribution in [-0.4, -0.2) is 106 Å². The normalized spacial score (nSPS) is 20.4. The molecule has 0 saturated heterocycles. The maximum Gasteiger partial charge on any atom is 2.00 e. The molecule has 0 aliphatic carbocycles. The molecule has 104 valence electrons. The fourth-order valence-corrected chi connectivity index (χ4v) is 1.29. The molecule has 1 unspecified atom stereocenters. The van der Waals surface area contributed by atoms with E-state index in [0.29, 0.717) is 0 Å². The van der Waals surface area contributed by atoms with E-state index in [9.17, 15) is 14.4 Å². The zero-order valence-electron chi connectivity index (χ0n) is 9.06. The van der Waals surface area contributed by atoms with E-state index in [0.717, 1.165) is 0 Å². The summed E-state index contributed by atoms with van der Waals surface area (Å²) < 4.78 is 13.5. The second-order valence-electron chi connectivity index (χ2n) is 3.16. The van der Waals surface area contributed by atoms with Crippen molar-refractivity contribution in [2.75, 3.05) is 6.61 Å². The summed E-state index contributed by atoms with van der Waals surface area (Å²) in [4.78, 5) is 20.1. The fourth-order valence-electron chi connectivity index (χ4n) is 0.901. The van der Waals surface area contributed by atoms with Crippen LogP contribution in [0.5, 0.6) is 0 Å². The zero-order chi connectivity index (χ0) is 13.8. The summed E-state index contributed by atoms with van der Waals surface area (Å²) in [7, 11) is -5.59. The van der Waals surface area contributed by atoms with Crippen molar-refractivity contribution in [3.05, 3.63) is 0 Å². The summed E-state index contributed by atoms with van der Waals surface area (Å²) in [6, 6.07) is 0. The molecule has 0 rings (SSSR count). The Balaban J connectivity index is 0. The van der Waals surface area contributed by atoms with Gasteiger partial charge in [0.2, 0.25) is 0 Å². The molecule has 0 fully saturated rings. The Morgan fingerprint density at radius 2 is 1.44 bits per heavy atom. The number of phosphoric ester groups is 1. The van der Waals surface area contributed by atoms with Gasteiger partial charge in [0.25, 0.3) is 0 Å². The van der Waals surface area contributed by atoms with Crippen LogP contribution in [-0.2, 0) is 9.09 Å². The molecule has 5 atom stereocenters. The van der Waals surface area contributed by atoms with Crippen LogP contribution >= 0.6 is 7.82 Å². The van der Waals surface area contributed by atoms with Crippen LogP contribution in [0.3, 0.4) is 0 Å². The summed E-state index contributed by atoms with van der Waals surface area (Å²) in [5.74, 6) is 0. The Morgan fingerprint density at radius 1 is 1.00 bits per heavy atom. The molecule has 0 spiro atoms. The van der Waals surface area contributed by atoms with E-state index < -0.39 is 45.1 Å². The SMILES string of the molecule is O=P([O-])([O-])OC(O)[C@H](O)[C@@H](O)[C@H](O)[C@H](O)CO.[Ca+2]. The van der Waals surface area contributed by atoms with Gasteiger partial charge in [-0.1, -0.05) is 0 Å².